The molecule has 0 saturated carbocycles. The molecule has 112 valence electrons. The largest absolute Gasteiger partial charge is 0.351 e. The molecule has 5 heteroatoms. The van der Waals surface area contributed by atoms with Gasteiger partial charge in [-0.3, -0.25) is 4.99 Å². The number of unbranched alkanes of at least 4 members (excludes halogenated alkanes) is 1. The zero-order chi connectivity index (χ0) is 15.0. The fourth-order valence-corrected chi connectivity index (χ4v) is 2.64. The number of rotatable bonds is 7. The van der Waals surface area contributed by atoms with E-state index >= 15 is 0 Å². The molecular formula is C15H26N4S. The maximum absolute atomic E-state index is 4.62. The minimum absolute atomic E-state index is 0.495. The molecule has 0 amide bonds. The van der Waals surface area contributed by atoms with Gasteiger partial charge in [-0.2, -0.15) is 0 Å². The Hall–Kier alpha value is -1.36. The van der Waals surface area contributed by atoms with Crippen molar-refractivity contribution in [2.75, 3.05) is 20.6 Å². The van der Waals surface area contributed by atoms with Crippen LogP contribution in [0.1, 0.15) is 43.3 Å². The molecule has 0 spiro atoms. The van der Waals surface area contributed by atoms with E-state index in [-0.39, 0.29) is 0 Å². The second-order valence-electron chi connectivity index (χ2n) is 5.09. The van der Waals surface area contributed by atoms with Crippen LogP contribution >= 0.6 is 11.3 Å². The van der Waals surface area contributed by atoms with Gasteiger partial charge < -0.3 is 10.2 Å². The molecule has 0 bridgehead atoms. The van der Waals surface area contributed by atoms with Crippen molar-refractivity contribution in [1.29, 1.82) is 0 Å². The number of aromatic nitrogens is 1. The van der Waals surface area contributed by atoms with Gasteiger partial charge in [-0.1, -0.05) is 19.9 Å². The summed E-state index contributed by atoms with van der Waals surface area (Å²) in [4.78, 5) is 11.1. The van der Waals surface area contributed by atoms with Crippen LogP contribution in [-0.2, 0) is 6.54 Å². The van der Waals surface area contributed by atoms with Crippen LogP contribution in [-0.4, -0.2) is 36.5 Å². The fraction of sp³-hybridized carbons (Fsp3) is 0.600. The van der Waals surface area contributed by atoms with E-state index in [1.165, 1.54) is 5.01 Å². The second-order valence-corrected chi connectivity index (χ2v) is 5.97. The van der Waals surface area contributed by atoms with E-state index in [0.717, 1.165) is 37.6 Å². The van der Waals surface area contributed by atoms with E-state index in [4.69, 9.17) is 0 Å². The number of guanidine groups is 1. The highest BCUT2D eigenvalue weighted by Crippen LogP contribution is 2.18. The molecule has 1 N–H and O–H groups in total. The van der Waals surface area contributed by atoms with E-state index in [1.54, 1.807) is 11.3 Å². The molecular weight excluding hydrogens is 268 g/mol. The van der Waals surface area contributed by atoms with Crippen LogP contribution in [0.15, 0.2) is 23.0 Å². The fourth-order valence-electron chi connectivity index (χ4n) is 1.80. The van der Waals surface area contributed by atoms with Gasteiger partial charge in [0.2, 0.25) is 0 Å². The smallest absolute Gasteiger partial charge is 0.193 e. The van der Waals surface area contributed by atoms with Gasteiger partial charge in [-0.25, -0.2) is 4.98 Å². The lowest BCUT2D eigenvalue weighted by Gasteiger charge is -2.21. The molecule has 0 radical (unpaired) electrons. The van der Waals surface area contributed by atoms with E-state index in [9.17, 15) is 0 Å². The van der Waals surface area contributed by atoms with Crippen molar-refractivity contribution in [3.8, 4) is 0 Å². The highest BCUT2D eigenvalue weighted by atomic mass is 32.1. The summed E-state index contributed by atoms with van der Waals surface area (Å²) in [5, 5.41) is 6.67. The summed E-state index contributed by atoms with van der Waals surface area (Å²) in [7, 11) is 3.87. The Labute approximate surface area is 126 Å². The SMILES string of the molecule is C=CCCCN(C)C(=NC)NCc1csc(C(C)C)n1. The standard InChI is InChI=1S/C15H26N4S/c1-6-7-8-9-19(5)15(16-4)17-10-13-11-20-14(18-13)12(2)3/h6,11-12H,1,7-10H2,2-5H3,(H,16,17). The Morgan fingerprint density at radius 3 is 2.90 bits per heavy atom. The number of nitrogens with one attached hydrogen (secondary N) is 1. The zero-order valence-corrected chi connectivity index (χ0v) is 13.8. The number of allylic oxidation sites excluding steroid dienone is 1. The third-order valence-corrected chi connectivity index (χ3v) is 4.16. The topological polar surface area (TPSA) is 40.5 Å². The van der Waals surface area contributed by atoms with E-state index in [1.807, 2.05) is 13.1 Å². The van der Waals surface area contributed by atoms with Crippen LogP contribution < -0.4 is 5.32 Å². The molecule has 4 nitrogen and oxygen atoms in total. The minimum atomic E-state index is 0.495. The Bertz CT molecular complexity index is 437. The number of thiazole rings is 1. The monoisotopic (exact) mass is 294 g/mol. The molecule has 0 aliphatic rings. The number of nitrogens with zero attached hydrogens (tertiary/aromatic N) is 3. The van der Waals surface area contributed by atoms with Gasteiger partial charge in [0.1, 0.15) is 0 Å². The molecule has 1 heterocycles. The molecule has 0 aromatic carbocycles. The summed E-state index contributed by atoms with van der Waals surface area (Å²) >= 11 is 1.73. The highest BCUT2D eigenvalue weighted by molar-refractivity contribution is 7.09. The molecule has 1 aromatic heterocycles. The predicted octanol–water partition coefficient (Wildman–Crippen LogP) is 3.24. The second kappa shape index (κ2) is 8.74. The minimum Gasteiger partial charge on any atom is -0.351 e. The van der Waals surface area contributed by atoms with Crippen LogP contribution in [0, 0.1) is 0 Å². The molecule has 0 aliphatic carbocycles. The Kier molecular flexibility index (Phi) is 7.30. The van der Waals surface area contributed by atoms with Gasteiger partial charge in [0.15, 0.2) is 5.96 Å². The Morgan fingerprint density at radius 2 is 2.35 bits per heavy atom. The van der Waals surface area contributed by atoms with Crippen molar-refractivity contribution in [1.82, 2.24) is 15.2 Å². The normalized spacial score (nSPS) is 11.8. The van der Waals surface area contributed by atoms with Crippen LogP contribution in [0.3, 0.4) is 0 Å². The maximum Gasteiger partial charge on any atom is 0.193 e. The molecule has 1 aromatic rings. The summed E-state index contributed by atoms with van der Waals surface area (Å²) in [6, 6.07) is 0. The van der Waals surface area contributed by atoms with Crippen molar-refractivity contribution in [2.24, 2.45) is 4.99 Å². The van der Waals surface area contributed by atoms with Gasteiger partial charge in [-0.05, 0) is 12.8 Å². The van der Waals surface area contributed by atoms with E-state index < -0.39 is 0 Å². The van der Waals surface area contributed by atoms with Gasteiger partial charge in [0.05, 0.1) is 17.2 Å². The average Bonchev–Trinajstić information content (AvgIpc) is 2.89. The van der Waals surface area contributed by atoms with Crippen LogP contribution in [0.5, 0.6) is 0 Å². The molecule has 0 saturated heterocycles. The zero-order valence-electron chi connectivity index (χ0n) is 13.0. The average molecular weight is 294 g/mol. The third-order valence-electron chi connectivity index (χ3n) is 2.97. The van der Waals surface area contributed by atoms with E-state index in [2.05, 4.69) is 53.0 Å². The van der Waals surface area contributed by atoms with Crippen molar-refractivity contribution in [3.05, 3.63) is 28.7 Å². The first kappa shape index (κ1) is 16.7. The molecule has 0 unspecified atom stereocenters. The van der Waals surface area contributed by atoms with Gasteiger partial charge in [0.25, 0.3) is 0 Å². The molecule has 0 aliphatic heterocycles. The number of aliphatic imine (C=N–C) groups is 1. The lowest BCUT2D eigenvalue weighted by atomic mass is 10.2. The first-order valence-electron chi connectivity index (χ1n) is 7.05. The Balaban J connectivity index is 2.46. The predicted molar refractivity (Wildman–Crippen MR) is 88.5 cm³/mol. The van der Waals surface area contributed by atoms with Gasteiger partial charge in [0, 0.05) is 31.9 Å². The van der Waals surface area contributed by atoms with Crippen molar-refractivity contribution >= 4 is 17.3 Å². The van der Waals surface area contributed by atoms with Crippen molar-refractivity contribution < 1.29 is 0 Å². The lowest BCUT2D eigenvalue weighted by molar-refractivity contribution is 0.469. The first-order valence-corrected chi connectivity index (χ1v) is 7.93. The maximum atomic E-state index is 4.62. The number of hydrogen-bond acceptors (Lipinski definition) is 3. The first-order chi connectivity index (χ1) is 9.58. The van der Waals surface area contributed by atoms with Crippen LogP contribution in [0.2, 0.25) is 0 Å². The molecule has 0 atom stereocenters. The van der Waals surface area contributed by atoms with Crippen LogP contribution in [0.25, 0.3) is 0 Å². The van der Waals surface area contributed by atoms with E-state index in [0.29, 0.717) is 5.92 Å². The molecule has 0 fully saturated rings. The van der Waals surface area contributed by atoms with Gasteiger partial charge in [-0.15, -0.1) is 17.9 Å². The summed E-state index contributed by atoms with van der Waals surface area (Å²) in [6.07, 6.45) is 4.08. The summed E-state index contributed by atoms with van der Waals surface area (Å²) in [5.41, 5.74) is 1.08. The summed E-state index contributed by atoms with van der Waals surface area (Å²) in [5.74, 6) is 1.41. The third kappa shape index (κ3) is 5.33. The highest BCUT2D eigenvalue weighted by Gasteiger charge is 2.08. The van der Waals surface area contributed by atoms with Crippen LogP contribution in [0.4, 0.5) is 0 Å². The van der Waals surface area contributed by atoms with Gasteiger partial charge >= 0.3 is 0 Å². The molecule has 1 rings (SSSR count). The Morgan fingerprint density at radius 1 is 1.60 bits per heavy atom. The lowest BCUT2D eigenvalue weighted by Crippen LogP contribution is -2.39. The summed E-state index contributed by atoms with van der Waals surface area (Å²) < 4.78 is 0. The number of hydrogen-bond donors (Lipinski definition) is 1. The quantitative estimate of drug-likeness (QED) is 0.363. The summed E-state index contributed by atoms with van der Waals surface area (Å²) in [6.45, 7) is 9.78. The van der Waals surface area contributed by atoms with Crippen molar-refractivity contribution in [3.63, 3.8) is 0 Å². The van der Waals surface area contributed by atoms with Crippen molar-refractivity contribution in [2.45, 2.75) is 39.2 Å². The molecule has 20 heavy (non-hydrogen) atoms.